The highest BCUT2D eigenvalue weighted by molar-refractivity contribution is 7.15. The summed E-state index contributed by atoms with van der Waals surface area (Å²) in [7, 11) is 3.29. The summed E-state index contributed by atoms with van der Waals surface area (Å²) in [6.45, 7) is 4.00. The number of benzene rings is 2. The Hall–Kier alpha value is -3.12. The molecule has 28 heavy (non-hydrogen) atoms. The number of ether oxygens (including phenoxy) is 1. The van der Waals surface area contributed by atoms with E-state index >= 15 is 0 Å². The third-order valence-electron chi connectivity index (χ3n) is 4.02. The van der Waals surface area contributed by atoms with E-state index in [-0.39, 0.29) is 5.91 Å². The van der Waals surface area contributed by atoms with Crippen LogP contribution in [0.5, 0.6) is 5.75 Å². The van der Waals surface area contributed by atoms with Gasteiger partial charge in [0.2, 0.25) is 6.41 Å². The van der Waals surface area contributed by atoms with Crippen LogP contribution in [0.3, 0.4) is 0 Å². The van der Waals surface area contributed by atoms with E-state index in [1.807, 2.05) is 67.8 Å². The first-order valence-corrected chi connectivity index (χ1v) is 9.83. The van der Waals surface area contributed by atoms with Gasteiger partial charge in [-0.3, -0.25) is 9.59 Å². The highest BCUT2D eigenvalue weighted by atomic mass is 32.1. The van der Waals surface area contributed by atoms with Crippen molar-refractivity contribution in [2.75, 3.05) is 24.4 Å². The minimum Gasteiger partial charge on any atom is -0.497 e. The highest BCUT2D eigenvalue weighted by Gasteiger charge is 2.24. The van der Waals surface area contributed by atoms with Crippen LogP contribution in [-0.2, 0) is 4.79 Å². The van der Waals surface area contributed by atoms with E-state index < -0.39 is 0 Å². The first-order valence-electron chi connectivity index (χ1n) is 8.95. The normalized spacial score (nSPS) is 9.71. The van der Waals surface area contributed by atoms with E-state index in [0.29, 0.717) is 28.4 Å². The zero-order valence-corrected chi connectivity index (χ0v) is 17.2. The maximum absolute atomic E-state index is 13.2. The van der Waals surface area contributed by atoms with Gasteiger partial charge in [-0.05, 0) is 17.7 Å². The number of hydrogen-bond donors (Lipinski definition) is 1. The van der Waals surface area contributed by atoms with Crippen LogP contribution in [0.4, 0.5) is 10.7 Å². The van der Waals surface area contributed by atoms with Gasteiger partial charge in [-0.1, -0.05) is 50.2 Å². The fourth-order valence-electron chi connectivity index (χ4n) is 2.66. The van der Waals surface area contributed by atoms with E-state index in [4.69, 9.17) is 4.74 Å². The van der Waals surface area contributed by atoms with Crippen molar-refractivity contribution in [3.05, 3.63) is 65.5 Å². The molecule has 0 aliphatic carbocycles. The van der Waals surface area contributed by atoms with Gasteiger partial charge in [0.25, 0.3) is 5.91 Å². The first kappa shape index (κ1) is 21.2. The van der Waals surface area contributed by atoms with Crippen molar-refractivity contribution in [1.29, 1.82) is 0 Å². The molecule has 146 valence electrons. The molecule has 1 aromatic heterocycles. The molecular weight excluding hydrogens is 372 g/mol. The SMILES string of the molecule is CC.COc1cccc(N(C)C(=O)c2c(-c3ccccc3)csc2NC=O)c1. The Labute approximate surface area is 169 Å². The Kier molecular flexibility index (Phi) is 7.77. The van der Waals surface area contributed by atoms with Crippen LogP contribution in [0, 0.1) is 0 Å². The van der Waals surface area contributed by atoms with Gasteiger partial charge in [-0.15, -0.1) is 11.3 Å². The molecule has 0 bridgehead atoms. The molecule has 0 fully saturated rings. The number of rotatable bonds is 6. The number of methoxy groups -OCH3 is 1. The third kappa shape index (κ3) is 4.58. The number of nitrogens with one attached hydrogen (secondary N) is 1. The van der Waals surface area contributed by atoms with Crippen molar-refractivity contribution >= 4 is 34.3 Å². The number of carbonyl (C=O) groups excluding carboxylic acids is 2. The quantitative estimate of drug-likeness (QED) is 0.576. The van der Waals surface area contributed by atoms with Gasteiger partial charge in [0.1, 0.15) is 10.8 Å². The summed E-state index contributed by atoms with van der Waals surface area (Å²) in [5, 5.41) is 5.05. The van der Waals surface area contributed by atoms with Crippen LogP contribution in [0.1, 0.15) is 24.2 Å². The Morgan fingerprint density at radius 1 is 1.11 bits per heavy atom. The standard InChI is InChI=1S/C20H18N2O3S.C2H6/c1-22(15-9-6-10-16(11-15)25-2)20(24)18-17(12-26-19(18)21-13-23)14-7-4-3-5-8-14;1-2/h3-13H,1-2H3,(H,21,23);1-2H3. The van der Waals surface area contributed by atoms with Crippen molar-refractivity contribution in [2.24, 2.45) is 0 Å². The summed E-state index contributed by atoms with van der Waals surface area (Å²) in [6, 6.07) is 16.9. The first-order chi connectivity index (χ1) is 13.7. The average Bonchev–Trinajstić information content (AvgIpc) is 3.18. The Morgan fingerprint density at radius 2 is 1.82 bits per heavy atom. The molecule has 0 radical (unpaired) electrons. The zero-order chi connectivity index (χ0) is 20.5. The van der Waals surface area contributed by atoms with Crippen LogP contribution < -0.4 is 15.0 Å². The molecule has 0 spiro atoms. The maximum Gasteiger partial charge on any atom is 0.261 e. The van der Waals surface area contributed by atoms with Gasteiger partial charge in [-0.2, -0.15) is 0 Å². The van der Waals surface area contributed by atoms with Gasteiger partial charge in [0, 0.05) is 29.7 Å². The number of thiophene rings is 1. The van der Waals surface area contributed by atoms with Crippen molar-refractivity contribution in [3.8, 4) is 16.9 Å². The summed E-state index contributed by atoms with van der Waals surface area (Å²) in [5.74, 6) is 0.463. The molecule has 2 amide bonds. The van der Waals surface area contributed by atoms with Crippen molar-refractivity contribution in [3.63, 3.8) is 0 Å². The maximum atomic E-state index is 13.2. The molecule has 6 heteroatoms. The van der Waals surface area contributed by atoms with Crippen LogP contribution in [0.25, 0.3) is 11.1 Å². The van der Waals surface area contributed by atoms with Crippen LogP contribution in [-0.4, -0.2) is 26.5 Å². The minimum atomic E-state index is -0.206. The molecule has 2 aromatic carbocycles. The summed E-state index contributed by atoms with van der Waals surface area (Å²) in [6.07, 6.45) is 0.586. The van der Waals surface area contributed by atoms with Gasteiger partial charge in [-0.25, -0.2) is 0 Å². The molecule has 1 heterocycles. The topological polar surface area (TPSA) is 58.6 Å². The van der Waals surface area contributed by atoms with E-state index in [2.05, 4.69) is 5.32 Å². The van der Waals surface area contributed by atoms with Crippen molar-refractivity contribution in [2.45, 2.75) is 13.8 Å². The molecule has 0 unspecified atom stereocenters. The molecule has 5 nitrogen and oxygen atoms in total. The molecule has 1 N–H and O–H groups in total. The average molecular weight is 397 g/mol. The second kappa shape index (κ2) is 10.3. The molecular formula is C22H24N2O3S. The Bertz CT molecular complexity index is 923. The van der Waals surface area contributed by atoms with Gasteiger partial charge >= 0.3 is 0 Å². The smallest absolute Gasteiger partial charge is 0.261 e. The van der Waals surface area contributed by atoms with Crippen LogP contribution in [0.15, 0.2) is 60.0 Å². The Morgan fingerprint density at radius 3 is 2.46 bits per heavy atom. The third-order valence-corrected chi connectivity index (χ3v) is 4.94. The van der Waals surface area contributed by atoms with Crippen molar-refractivity contribution < 1.29 is 14.3 Å². The van der Waals surface area contributed by atoms with Gasteiger partial charge in [0.05, 0.1) is 12.7 Å². The number of carbonyl (C=O) groups is 2. The fraction of sp³-hybridized carbons (Fsp3) is 0.182. The second-order valence-corrected chi connectivity index (χ2v) is 6.43. The molecule has 0 saturated carbocycles. The van der Waals surface area contributed by atoms with Crippen LogP contribution >= 0.6 is 11.3 Å². The number of amides is 2. The predicted molar refractivity (Wildman–Crippen MR) is 117 cm³/mol. The monoisotopic (exact) mass is 396 g/mol. The van der Waals surface area contributed by atoms with E-state index in [9.17, 15) is 9.59 Å². The van der Waals surface area contributed by atoms with Crippen molar-refractivity contribution in [1.82, 2.24) is 0 Å². The zero-order valence-electron chi connectivity index (χ0n) is 16.4. The second-order valence-electron chi connectivity index (χ2n) is 5.55. The number of anilines is 2. The van der Waals surface area contributed by atoms with Gasteiger partial charge < -0.3 is 15.0 Å². The summed E-state index contributed by atoms with van der Waals surface area (Å²) in [4.78, 5) is 25.8. The number of nitrogens with zero attached hydrogens (tertiary/aromatic N) is 1. The van der Waals surface area contributed by atoms with E-state index in [0.717, 1.165) is 11.1 Å². The van der Waals surface area contributed by atoms with Gasteiger partial charge in [0.15, 0.2) is 0 Å². The summed E-state index contributed by atoms with van der Waals surface area (Å²) < 4.78 is 5.24. The Balaban J connectivity index is 0.00000136. The molecule has 0 aliphatic rings. The lowest BCUT2D eigenvalue weighted by Gasteiger charge is -2.19. The molecule has 3 aromatic rings. The molecule has 3 rings (SSSR count). The molecule has 0 atom stereocenters. The van der Waals surface area contributed by atoms with Crippen LogP contribution in [0.2, 0.25) is 0 Å². The summed E-state index contributed by atoms with van der Waals surface area (Å²) >= 11 is 1.33. The molecule has 0 aliphatic heterocycles. The molecule has 0 saturated heterocycles. The largest absolute Gasteiger partial charge is 0.497 e. The number of hydrogen-bond acceptors (Lipinski definition) is 4. The predicted octanol–water partition coefficient (Wildman–Crippen LogP) is 5.29. The lowest BCUT2D eigenvalue weighted by molar-refractivity contribution is -0.105. The lowest BCUT2D eigenvalue weighted by Crippen LogP contribution is -2.27. The van der Waals surface area contributed by atoms with E-state index in [1.54, 1.807) is 25.1 Å². The fourth-order valence-corrected chi connectivity index (χ4v) is 3.59. The highest BCUT2D eigenvalue weighted by Crippen LogP contribution is 2.37. The minimum absolute atomic E-state index is 0.206. The lowest BCUT2D eigenvalue weighted by atomic mass is 10.0. The van der Waals surface area contributed by atoms with E-state index in [1.165, 1.54) is 11.3 Å². The summed E-state index contributed by atoms with van der Waals surface area (Å²) in [5.41, 5.74) is 2.89.